The first-order valence-electron chi connectivity index (χ1n) is 9.17. The quantitative estimate of drug-likeness (QED) is 0.500. The van der Waals surface area contributed by atoms with Gasteiger partial charge in [0.25, 0.3) is 5.56 Å². The zero-order valence-corrected chi connectivity index (χ0v) is 17.0. The normalized spacial score (nSPS) is 10.6. The molecule has 0 unspecified atom stereocenters. The molecule has 156 valence electrons. The van der Waals surface area contributed by atoms with Crippen LogP contribution in [-0.2, 0) is 16.1 Å². The van der Waals surface area contributed by atoms with E-state index < -0.39 is 35.2 Å². The third kappa shape index (κ3) is 5.13. The molecule has 3 N–H and O–H groups in total. The van der Waals surface area contributed by atoms with Gasteiger partial charge in [0.15, 0.2) is 13.2 Å². The summed E-state index contributed by atoms with van der Waals surface area (Å²) in [4.78, 5) is 50.1. The summed E-state index contributed by atoms with van der Waals surface area (Å²) in [6.45, 7) is 6.67. The van der Waals surface area contributed by atoms with Crippen LogP contribution < -0.4 is 21.7 Å². The van der Waals surface area contributed by atoms with Gasteiger partial charge in [-0.25, -0.2) is 9.59 Å². The summed E-state index contributed by atoms with van der Waals surface area (Å²) < 4.78 is 11.5. The topological polar surface area (TPSA) is 133 Å². The number of nitrogen functional groups attached to an aromatic ring is 1. The van der Waals surface area contributed by atoms with Crippen LogP contribution in [0.4, 0.5) is 5.82 Å². The van der Waals surface area contributed by atoms with Crippen molar-refractivity contribution < 1.29 is 19.1 Å². The Labute approximate surface area is 167 Å². The fourth-order valence-electron chi connectivity index (χ4n) is 3.09. The minimum Gasteiger partial charge on any atom is -0.481 e. The smallest absolute Gasteiger partial charge is 0.344 e. The number of aromatic amines is 1. The van der Waals surface area contributed by atoms with Crippen LogP contribution in [-0.4, -0.2) is 34.5 Å². The Morgan fingerprint density at radius 3 is 2.31 bits per heavy atom. The molecule has 1 heterocycles. The van der Waals surface area contributed by atoms with Gasteiger partial charge in [-0.05, 0) is 38.3 Å². The van der Waals surface area contributed by atoms with E-state index in [4.69, 9.17) is 15.2 Å². The van der Waals surface area contributed by atoms with Gasteiger partial charge < -0.3 is 15.2 Å². The number of ether oxygens (including phenoxy) is 2. The minimum absolute atomic E-state index is 0.241. The molecule has 0 spiro atoms. The molecule has 0 radical (unpaired) electrons. The van der Waals surface area contributed by atoms with Gasteiger partial charge >= 0.3 is 11.7 Å². The van der Waals surface area contributed by atoms with E-state index in [0.29, 0.717) is 12.2 Å². The predicted octanol–water partition coefficient (Wildman–Crippen LogP) is 1.26. The number of esters is 1. The zero-order valence-electron chi connectivity index (χ0n) is 17.0. The largest absolute Gasteiger partial charge is 0.481 e. The average molecular weight is 403 g/mol. The number of carbonyl (C=O) groups is 2. The maximum absolute atomic E-state index is 12.3. The van der Waals surface area contributed by atoms with Crippen molar-refractivity contribution >= 4 is 17.6 Å². The third-order valence-electron chi connectivity index (χ3n) is 4.27. The van der Waals surface area contributed by atoms with Gasteiger partial charge in [0, 0.05) is 6.54 Å². The number of benzene rings is 1. The number of nitrogens with zero attached hydrogens (tertiary/aromatic N) is 1. The molecule has 0 saturated carbocycles. The highest BCUT2D eigenvalue weighted by atomic mass is 16.6. The van der Waals surface area contributed by atoms with Gasteiger partial charge in [0.2, 0.25) is 5.78 Å². The lowest BCUT2D eigenvalue weighted by molar-refractivity contribution is -0.144. The second-order valence-corrected chi connectivity index (χ2v) is 6.77. The van der Waals surface area contributed by atoms with Gasteiger partial charge in [0.1, 0.15) is 17.1 Å². The summed E-state index contributed by atoms with van der Waals surface area (Å²) in [6, 6.07) is 3.86. The number of aromatic nitrogens is 2. The molecule has 0 amide bonds. The molecule has 29 heavy (non-hydrogen) atoms. The monoisotopic (exact) mass is 403 g/mol. The Morgan fingerprint density at radius 2 is 1.72 bits per heavy atom. The van der Waals surface area contributed by atoms with Crippen molar-refractivity contribution in [2.75, 3.05) is 18.9 Å². The standard InChI is InChI=1S/C20H25N3O6/c1-5-6-23-18(21)16(19(26)22-20(23)27)14(24)9-28-15(25)10-29-17-12(3)7-11(2)8-13(17)4/h7-8H,5-6,9-10,21H2,1-4H3,(H,22,26,27). The van der Waals surface area contributed by atoms with Gasteiger partial charge in [-0.15, -0.1) is 0 Å². The minimum atomic E-state index is -0.914. The number of aryl methyl sites for hydroxylation is 3. The molecule has 0 aliphatic carbocycles. The molecule has 0 bridgehead atoms. The third-order valence-corrected chi connectivity index (χ3v) is 4.27. The molecule has 1 aromatic carbocycles. The summed E-state index contributed by atoms with van der Waals surface area (Å²) in [5, 5.41) is 0. The second kappa shape index (κ2) is 9.22. The van der Waals surface area contributed by atoms with Crippen molar-refractivity contribution in [3.8, 4) is 5.75 Å². The van der Waals surface area contributed by atoms with E-state index in [1.807, 2.05) is 39.8 Å². The highest BCUT2D eigenvalue weighted by molar-refractivity contribution is 6.01. The van der Waals surface area contributed by atoms with Crippen LogP contribution in [0, 0.1) is 20.8 Å². The van der Waals surface area contributed by atoms with Crippen LogP contribution in [0.5, 0.6) is 5.75 Å². The van der Waals surface area contributed by atoms with Crippen LogP contribution in [0.15, 0.2) is 21.7 Å². The Hall–Kier alpha value is -3.36. The van der Waals surface area contributed by atoms with E-state index in [1.165, 1.54) is 0 Å². The molecule has 0 atom stereocenters. The van der Waals surface area contributed by atoms with E-state index in [9.17, 15) is 19.2 Å². The molecule has 9 nitrogen and oxygen atoms in total. The Morgan fingerprint density at radius 1 is 1.10 bits per heavy atom. The van der Waals surface area contributed by atoms with Crippen molar-refractivity contribution in [1.29, 1.82) is 0 Å². The molecule has 9 heteroatoms. The number of hydrogen-bond acceptors (Lipinski definition) is 7. The molecule has 0 saturated heterocycles. The Bertz CT molecular complexity index is 1030. The first-order chi connectivity index (χ1) is 13.6. The number of carbonyl (C=O) groups excluding carboxylic acids is 2. The summed E-state index contributed by atoms with van der Waals surface area (Å²) >= 11 is 0. The molecular weight excluding hydrogens is 378 g/mol. The van der Waals surface area contributed by atoms with E-state index in [1.54, 1.807) is 0 Å². The van der Waals surface area contributed by atoms with E-state index in [2.05, 4.69) is 4.98 Å². The summed E-state index contributed by atoms with van der Waals surface area (Å²) in [5.74, 6) is -1.24. The second-order valence-electron chi connectivity index (χ2n) is 6.77. The molecule has 0 aliphatic rings. The first-order valence-corrected chi connectivity index (χ1v) is 9.17. The first kappa shape index (κ1) is 21.9. The fourth-order valence-corrected chi connectivity index (χ4v) is 3.09. The van der Waals surface area contributed by atoms with Crippen LogP contribution in [0.25, 0.3) is 0 Å². The van der Waals surface area contributed by atoms with Crippen LogP contribution >= 0.6 is 0 Å². The number of nitrogens with two attached hydrogens (primary N) is 1. The van der Waals surface area contributed by atoms with E-state index in [0.717, 1.165) is 21.3 Å². The van der Waals surface area contributed by atoms with Gasteiger partial charge in [0.05, 0.1) is 0 Å². The van der Waals surface area contributed by atoms with E-state index >= 15 is 0 Å². The van der Waals surface area contributed by atoms with Gasteiger partial charge in [-0.3, -0.25) is 19.1 Å². The number of rotatable bonds is 8. The Kier molecular flexibility index (Phi) is 6.98. The van der Waals surface area contributed by atoms with Crippen LogP contribution in [0.1, 0.15) is 40.4 Å². The average Bonchev–Trinajstić information content (AvgIpc) is 2.62. The van der Waals surface area contributed by atoms with Gasteiger partial charge in [-0.2, -0.15) is 0 Å². The fraction of sp³-hybridized carbons (Fsp3) is 0.400. The summed E-state index contributed by atoms with van der Waals surface area (Å²) in [7, 11) is 0. The summed E-state index contributed by atoms with van der Waals surface area (Å²) in [5.41, 5.74) is 6.64. The van der Waals surface area contributed by atoms with Crippen molar-refractivity contribution in [1.82, 2.24) is 9.55 Å². The lowest BCUT2D eigenvalue weighted by atomic mass is 10.1. The van der Waals surface area contributed by atoms with Gasteiger partial charge in [-0.1, -0.05) is 24.6 Å². The lowest BCUT2D eigenvalue weighted by Gasteiger charge is -2.13. The van der Waals surface area contributed by atoms with E-state index in [-0.39, 0.29) is 19.0 Å². The number of hydrogen-bond donors (Lipinski definition) is 2. The molecule has 0 aliphatic heterocycles. The number of ketones is 1. The zero-order chi connectivity index (χ0) is 21.7. The Balaban J connectivity index is 2.04. The number of H-pyrrole nitrogens is 1. The maximum atomic E-state index is 12.3. The number of nitrogens with one attached hydrogen (secondary N) is 1. The molecule has 2 aromatic rings. The van der Waals surface area contributed by atoms with Crippen molar-refractivity contribution in [3.63, 3.8) is 0 Å². The molecular formula is C20H25N3O6. The molecule has 2 rings (SSSR count). The number of anilines is 1. The highest BCUT2D eigenvalue weighted by Crippen LogP contribution is 2.24. The van der Waals surface area contributed by atoms with Crippen molar-refractivity contribution in [3.05, 3.63) is 55.2 Å². The highest BCUT2D eigenvalue weighted by Gasteiger charge is 2.20. The van der Waals surface area contributed by atoms with Crippen LogP contribution in [0.2, 0.25) is 0 Å². The molecule has 1 aromatic heterocycles. The van der Waals surface area contributed by atoms with Crippen LogP contribution in [0.3, 0.4) is 0 Å². The van der Waals surface area contributed by atoms with Crippen molar-refractivity contribution in [2.24, 2.45) is 0 Å². The molecule has 0 fully saturated rings. The van der Waals surface area contributed by atoms with Crippen molar-refractivity contribution in [2.45, 2.75) is 40.7 Å². The SMILES string of the molecule is CCCn1c(N)c(C(=O)COC(=O)COc2c(C)cc(C)cc2C)c(=O)[nH]c1=O. The maximum Gasteiger partial charge on any atom is 0.344 e. The summed E-state index contributed by atoms with van der Waals surface area (Å²) in [6.07, 6.45) is 0.577. The predicted molar refractivity (Wildman–Crippen MR) is 107 cm³/mol. The number of Topliss-reactive ketones (excluding diaryl/α,β-unsaturated/α-hetero) is 1. The lowest BCUT2D eigenvalue weighted by Crippen LogP contribution is -2.37.